The smallest absolute Gasteiger partial charge is 0.237 e. The number of rotatable bonds is 8. The van der Waals surface area contributed by atoms with Crippen LogP contribution in [0.1, 0.15) is 74.7 Å². The summed E-state index contributed by atoms with van der Waals surface area (Å²) in [5.74, 6) is 0.185. The fourth-order valence-electron chi connectivity index (χ4n) is 3.20. The minimum absolute atomic E-state index is 0.00856. The Morgan fingerprint density at radius 3 is 1.90 bits per heavy atom. The summed E-state index contributed by atoms with van der Waals surface area (Å²) in [6.07, 6.45) is 2.94. The molecule has 0 heterocycles. The van der Waals surface area contributed by atoms with Crippen LogP contribution in [0.5, 0.6) is 0 Å². The molecule has 1 unspecified atom stereocenters. The quantitative estimate of drug-likeness (QED) is 0.734. The van der Waals surface area contributed by atoms with E-state index >= 15 is 0 Å². The van der Waals surface area contributed by atoms with Crippen molar-refractivity contribution in [2.24, 2.45) is 5.41 Å². The van der Waals surface area contributed by atoms with Crippen molar-refractivity contribution < 1.29 is 4.79 Å². The van der Waals surface area contributed by atoms with Gasteiger partial charge in [-0.3, -0.25) is 9.69 Å². The van der Waals surface area contributed by atoms with Crippen LogP contribution in [0.15, 0.2) is 0 Å². The van der Waals surface area contributed by atoms with Crippen LogP contribution in [-0.2, 0) is 4.79 Å². The monoisotopic (exact) mass is 284 g/mol. The molecule has 0 aliphatic carbocycles. The second-order valence-corrected chi connectivity index (χ2v) is 7.64. The van der Waals surface area contributed by atoms with E-state index in [-0.39, 0.29) is 22.9 Å². The Morgan fingerprint density at radius 2 is 1.55 bits per heavy atom. The van der Waals surface area contributed by atoms with Gasteiger partial charge in [0.25, 0.3) is 0 Å². The van der Waals surface area contributed by atoms with Gasteiger partial charge in [-0.05, 0) is 45.2 Å². The lowest BCUT2D eigenvalue weighted by molar-refractivity contribution is -0.128. The number of nitrogens with one attached hydrogen (secondary N) is 1. The molecule has 0 fully saturated rings. The van der Waals surface area contributed by atoms with Crippen LogP contribution in [0.2, 0.25) is 0 Å². The number of amides is 1. The topological polar surface area (TPSA) is 32.3 Å². The van der Waals surface area contributed by atoms with Gasteiger partial charge in [0.1, 0.15) is 0 Å². The molecule has 0 spiro atoms. The van der Waals surface area contributed by atoms with E-state index in [0.717, 1.165) is 32.4 Å². The third kappa shape index (κ3) is 7.28. The highest BCUT2D eigenvalue weighted by Gasteiger charge is 2.31. The molecule has 0 rings (SSSR count). The van der Waals surface area contributed by atoms with Gasteiger partial charge in [-0.25, -0.2) is 0 Å². The van der Waals surface area contributed by atoms with Crippen LogP contribution in [-0.4, -0.2) is 35.5 Å². The molecule has 20 heavy (non-hydrogen) atoms. The Labute approximate surface area is 126 Å². The molecule has 0 aromatic carbocycles. The summed E-state index contributed by atoms with van der Waals surface area (Å²) in [4.78, 5) is 14.9. The van der Waals surface area contributed by atoms with Crippen LogP contribution in [0.3, 0.4) is 0 Å². The maximum atomic E-state index is 12.6. The molecule has 120 valence electrons. The van der Waals surface area contributed by atoms with Crippen LogP contribution in [0, 0.1) is 5.41 Å². The van der Waals surface area contributed by atoms with E-state index in [0.29, 0.717) is 0 Å². The maximum Gasteiger partial charge on any atom is 0.237 e. The first-order chi connectivity index (χ1) is 9.06. The average Bonchev–Trinajstić information content (AvgIpc) is 2.25. The van der Waals surface area contributed by atoms with Gasteiger partial charge < -0.3 is 5.32 Å². The van der Waals surface area contributed by atoms with Gasteiger partial charge >= 0.3 is 0 Å². The van der Waals surface area contributed by atoms with Crippen molar-refractivity contribution in [2.45, 2.75) is 86.2 Å². The van der Waals surface area contributed by atoms with Gasteiger partial charge in [0, 0.05) is 5.54 Å². The summed E-state index contributed by atoms with van der Waals surface area (Å²) in [6.45, 7) is 19.1. The normalized spacial score (nSPS) is 14.4. The lowest BCUT2D eigenvalue weighted by Crippen LogP contribution is -2.54. The van der Waals surface area contributed by atoms with Gasteiger partial charge in [-0.15, -0.1) is 0 Å². The lowest BCUT2D eigenvalue weighted by Gasteiger charge is -2.36. The maximum absolute atomic E-state index is 12.6. The van der Waals surface area contributed by atoms with E-state index in [2.05, 4.69) is 65.6 Å². The minimum atomic E-state index is -0.158. The third-order valence-corrected chi connectivity index (χ3v) is 3.55. The molecule has 0 saturated heterocycles. The highest BCUT2D eigenvalue weighted by molar-refractivity contribution is 5.82. The Hall–Kier alpha value is -0.570. The number of nitrogens with zero attached hydrogens (tertiary/aromatic N) is 1. The van der Waals surface area contributed by atoms with Gasteiger partial charge in [-0.2, -0.15) is 0 Å². The molecule has 0 aromatic heterocycles. The second-order valence-electron chi connectivity index (χ2n) is 7.64. The first-order valence-corrected chi connectivity index (χ1v) is 8.12. The minimum Gasteiger partial charge on any atom is -0.350 e. The van der Waals surface area contributed by atoms with Gasteiger partial charge in [0.05, 0.1) is 6.04 Å². The summed E-state index contributed by atoms with van der Waals surface area (Å²) in [7, 11) is 0. The van der Waals surface area contributed by atoms with Gasteiger partial charge in [0.15, 0.2) is 0 Å². The molecular formula is C17H36N2O. The molecule has 1 N–H and O–H groups in total. The highest BCUT2D eigenvalue weighted by atomic mass is 16.2. The van der Waals surface area contributed by atoms with Gasteiger partial charge in [0.2, 0.25) is 5.91 Å². The molecular weight excluding hydrogens is 248 g/mol. The molecule has 0 saturated carbocycles. The van der Waals surface area contributed by atoms with E-state index in [9.17, 15) is 4.79 Å². The summed E-state index contributed by atoms with van der Waals surface area (Å²) in [6, 6.07) is 0.00856. The van der Waals surface area contributed by atoms with Gasteiger partial charge in [-0.1, -0.05) is 48.0 Å². The zero-order valence-electron chi connectivity index (χ0n) is 15.0. The SMILES string of the molecule is CCCC(C(=O)NC(C)(C)CC(C)(C)C)N(CC)CC. The van der Waals surface area contributed by atoms with Crippen molar-refractivity contribution in [2.75, 3.05) is 13.1 Å². The summed E-state index contributed by atoms with van der Waals surface area (Å²) in [5, 5.41) is 3.27. The molecule has 1 atom stereocenters. The molecule has 3 heteroatoms. The van der Waals surface area contributed by atoms with Crippen molar-refractivity contribution in [1.29, 1.82) is 0 Å². The second kappa shape index (κ2) is 8.02. The standard InChI is InChI=1S/C17H36N2O/c1-9-12-14(19(10-2)11-3)15(20)18-17(7,8)13-16(4,5)6/h14H,9-13H2,1-8H3,(H,18,20). The van der Waals surface area contributed by atoms with E-state index in [1.807, 2.05) is 0 Å². The predicted molar refractivity (Wildman–Crippen MR) is 87.9 cm³/mol. The zero-order valence-corrected chi connectivity index (χ0v) is 15.0. The van der Waals surface area contributed by atoms with Crippen molar-refractivity contribution >= 4 is 5.91 Å². The lowest BCUT2D eigenvalue weighted by atomic mass is 9.81. The molecule has 0 bridgehead atoms. The van der Waals surface area contributed by atoms with Crippen LogP contribution < -0.4 is 5.32 Å². The fraction of sp³-hybridized carbons (Fsp3) is 0.941. The fourth-order valence-corrected chi connectivity index (χ4v) is 3.20. The molecule has 0 aliphatic rings. The first-order valence-electron chi connectivity index (χ1n) is 8.12. The van der Waals surface area contributed by atoms with Crippen LogP contribution in [0.25, 0.3) is 0 Å². The van der Waals surface area contributed by atoms with E-state index < -0.39 is 0 Å². The van der Waals surface area contributed by atoms with Crippen molar-refractivity contribution in [3.05, 3.63) is 0 Å². The Morgan fingerprint density at radius 1 is 1.05 bits per heavy atom. The molecule has 3 nitrogen and oxygen atoms in total. The summed E-state index contributed by atoms with van der Waals surface area (Å²) in [5.41, 5.74) is 0.0563. The van der Waals surface area contributed by atoms with Crippen molar-refractivity contribution in [3.63, 3.8) is 0 Å². The van der Waals surface area contributed by atoms with Crippen molar-refractivity contribution in [3.8, 4) is 0 Å². The van der Waals surface area contributed by atoms with Crippen molar-refractivity contribution in [1.82, 2.24) is 10.2 Å². The van der Waals surface area contributed by atoms with E-state index in [1.54, 1.807) is 0 Å². The van der Waals surface area contributed by atoms with E-state index in [1.165, 1.54) is 0 Å². The highest BCUT2D eigenvalue weighted by Crippen LogP contribution is 2.27. The molecule has 0 aromatic rings. The Bertz CT molecular complexity index is 288. The van der Waals surface area contributed by atoms with Crippen LogP contribution in [0.4, 0.5) is 0 Å². The number of carbonyl (C=O) groups excluding carboxylic acids is 1. The largest absolute Gasteiger partial charge is 0.350 e. The number of carbonyl (C=O) groups is 1. The van der Waals surface area contributed by atoms with Crippen LogP contribution >= 0.6 is 0 Å². The first kappa shape index (κ1) is 19.4. The number of likely N-dealkylation sites (N-methyl/N-ethyl adjacent to an activating group) is 1. The Balaban J connectivity index is 4.83. The predicted octanol–water partition coefficient (Wildman–Crippen LogP) is 3.83. The van der Waals surface area contributed by atoms with E-state index in [4.69, 9.17) is 0 Å². The number of hydrogen-bond donors (Lipinski definition) is 1. The molecule has 0 radical (unpaired) electrons. The molecule has 0 aliphatic heterocycles. The number of hydrogen-bond acceptors (Lipinski definition) is 2. The summed E-state index contributed by atoms with van der Waals surface area (Å²) < 4.78 is 0. The molecule has 1 amide bonds. The summed E-state index contributed by atoms with van der Waals surface area (Å²) >= 11 is 0. The average molecular weight is 284 g/mol. The third-order valence-electron chi connectivity index (χ3n) is 3.55. The zero-order chi connectivity index (χ0) is 16.0. The Kier molecular flexibility index (Phi) is 7.79.